The van der Waals surface area contributed by atoms with Crippen LogP contribution in [0, 0.1) is 5.92 Å². The Morgan fingerprint density at radius 1 is 1.25 bits per heavy atom. The number of nitrogen functional groups attached to an aromatic ring is 1. The van der Waals surface area contributed by atoms with E-state index in [1.165, 1.54) is 0 Å². The van der Waals surface area contributed by atoms with Crippen LogP contribution in [0.3, 0.4) is 0 Å². The van der Waals surface area contributed by atoms with Crippen molar-refractivity contribution in [3.05, 3.63) is 42.0 Å². The number of hydrogen-bond acceptors (Lipinski definition) is 5. The van der Waals surface area contributed by atoms with Gasteiger partial charge in [0.05, 0.1) is 17.3 Å². The molecule has 2 aromatic rings. The molecule has 1 saturated heterocycles. The molecule has 1 unspecified atom stereocenters. The molecule has 148 valence electrons. The van der Waals surface area contributed by atoms with Crippen LogP contribution in [-0.4, -0.2) is 25.2 Å². The minimum atomic E-state index is -0.438. The number of fused-ring (bicyclic) bond motifs is 1. The minimum Gasteiger partial charge on any atom is -0.454 e. The van der Waals surface area contributed by atoms with Gasteiger partial charge in [-0.25, -0.2) is 0 Å². The number of para-hydroxylation sites is 1. The summed E-state index contributed by atoms with van der Waals surface area (Å²) in [6.07, 6.45) is 0.999. The zero-order valence-corrected chi connectivity index (χ0v) is 16.3. The maximum atomic E-state index is 12.7. The van der Waals surface area contributed by atoms with E-state index < -0.39 is 5.92 Å². The van der Waals surface area contributed by atoms with Crippen LogP contribution in [0.15, 0.2) is 36.4 Å². The molecular formula is C20H22ClN3O4. The molecule has 2 aromatic carbocycles. The molecule has 2 amide bonds. The Labute approximate surface area is 169 Å². The first-order valence-corrected chi connectivity index (χ1v) is 8.95. The van der Waals surface area contributed by atoms with Gasteiger partial charge in [-0.15, -0.1) is 12.4 Å². The maximum absolute atomic E-state index is 12.7. The number of nitrogens with two attached hydrogens (primary N) is 1. The van der Waals surface area contributed by atoms with Crippen LogP contribution in [0.25, 0.3) is 0 Å². The van der Waals surface area contributed by atoms with Gasteiger partial charge in [0.15, 0.2) is 11.5 Å². The van der Waals surface area contributed by atoms with Crippen molar-refractivity contribution < 1.29 is 19.1 Å². The second-order valence-electron chi connectivity index (χ2n) is 6.67. The average molecular weight is 404 g/mol. The first kappa shape index (κ1) is 19.8. The van der Waals surface area contributed by atoms with Gasteiger partial charge in [0, 0.05) is 30.8 Å². The number of aryl methyl sites for hydroxylation is 1. The predicted molar refractivity (Wildman–Crippen MR) is 109 cm³/mol. The Morgan fingerprint density at radius 2 is 1.96 bits per heavy atom. The lowest BCUT2D eigenvalue weighted by atomic mass is 10.1. The highest BCUT2D eigenvalue weighted by Gasteiger charge is 2.36. The smallest absolute Gasteiger partial charge is 0.231 e. The maximum Gasteiger partial charge on any atom is 0.231 e. The summed E-state index contributed by atoms with van der Waals surface area (Å²) in [5.74, 6) is 0.386. The molecule has 0 spiro atoms. The van der Waals surface area contributed by atoms with Gasteiger partial charge in [-0.1, -0.05) is 25.1 Å². The molecule has 2 heterocycles. The highest BCUT2D eigenvalue weighted by Crippen LogP contribution is 2.38. The number of carbonyl (C=O) groups excluding carboxylic acids is 2. The summed E-state index contributed by atoms with van der Waals surface area (Å²) in [7, 11) is 0. The van der Waals surface area contributed by atoms with Crippen molar-refractivity contribution in [2.24, 2.45) is 5.92 Å². The standard InChI is InChI=1S/C20H21N3O4.ClH/c1-2-12-5-3-4-6-16(12)23-10-13(7-19(23)24)20(25)22-15-9-18-17(8-14(15)21)26-11-27-18;/h3-6,8-9,13H,2,7,10-11,21H2,1H3,(H,22,25);1H. The van der Waals surface area contributed by atoms with Crippen molar-refractivity contribution in [1.29, 1.82) is 0 Å². The van der Waals surface area contributed by atoms with Crippen molar-refractivity contribution in [3.8, 4) is 11.5 Å². The molecular weight excluding hydrogens is 382 g/mol. The van der Waals surface area contributed by atoms with Crippen molar-refractivity contribution in [2.45, 2.75) is 19.8 Å². The van der Waals surface area contributed by atoms with E-state index in [0.717, 1.165) is 17.7 Å². The fourth-order valence-corrected chi connectivity index (χ4v) is 3.49. The Balaban J connectivity index is 0.00000225. The summed E-state index contributed by atoms with van der Waals surface area (Å²) >= 11 is 0. The summed E-state index contributed by atoms with van der Waals surface area (Å²) in [6.45, 7) is 2.53. The number of hydrogen-bond donors (Lipinski definition) is 2. The van der Waals surface area contributed by atoms with Crippen LogP contribution >= 0.6 is 12.4 Å². The van der Waals surface area contributed by atoms with E-state index in [0.29, 0.717) is 29.4 Å². The van der Waals surface area contributed by atoms with E-state index in [1.807, 2.05) is 31.2 Å². The van der Waals surface area contributed by atoms with Crippen molar-refractivity contribution in [3.63, 3.8) is 0 Å². The number of benzene rings is 2. The fraction of sp³-hybridized carbons (Fsp3) is 0.300. The zero-order chi connectivity index (χ0) is 19.0. The minimum absolute atomic E-state index is 0. The van der Waals surface area contributed by atoms with E-state index in [9.17, 15) is 9.59 Å². The summed E-state index contributed by atoms with van der Waals surface area (Å²) in [5.41, 5.74) is 8.82. The quantitative estimate of drug-likeness (QED) is 0.765. The fourth-order valence-electron chi connectivity index (χ4n) is 3.49. The van der Waals surface area contributed by atoms with E-state index in [-0.39, 0.29) is 37.4 Å². The van der Waals surface area contributed by atoms with Crippen LogP contribution in [-0.2, 0) is 16.0 Å². The van der Waals surface area contributed by atoms with Gasteiger partial charge < -0.3 is 25.4 Å². The van der Waals surface area contributed by atoms with Crippen LogP contribution < -0.4 is 25.4 Å². The molecule has 0 saturated carbocycles. The third kappa shape index (κ3) is 3.57. The molecule has 0 bridgehead atoms. The summed E-state index contributed by atoms with van der Waals surface area (Å²) in [4.78, 5) is 26.9. The lowest BCUT2D eigenvalue weighted by Crippen LogP contribution is -2.29. The van der Waals surface area contributed by atoms with E-state index >= 15 is 0 Å². The SMILES string of the molecule is CCc1ccccc1N1CC(C(=O)Nc2cc3c(cc2N)OCO3)CC1=O.Cl. The number of amides is 2. The average Bonchev–Trinajstić information content (AvgIpc) is 3.28. The van der Waals surface area contributed by atoms with Crippen molar-refractivity contribution in [2.75, 3.05) is 29.3 Å². The second-order valence-corrected chi connectivity index (χ2v) is 6.67. The predicted octanol–water partition coefficient (Wildman–Crippen LogP) is 2.97. The molecule has 28 heavy (non-hydrogen) atoms. The Bertz CT molecular complexity index is 918. The normalized spacial score (nSPS) is 17.4. The molecule has 2 aliphatic rings. The number of nitrogens with zero attached hydrogens (tertiary/aromatic N) is 1. The molecule has 4 rings (SSSR count). The number of anilines is 3. The topological polar surface area (TPSA) is 93.9 Å². The Hall–Kier alpha value is -2.93. The zero-order valence-electron chi connectivity index (χ0n) is 15.4. The second kappa shape index (κ2) is 7.98. The van der Waals surface area contributed by atoms with Gasteiger partial charge >= 0.3 is 0 Å². The van der Waals surface area contributed by atoms with Crippen LogP contribution in [0.5, 0.6) is 11.5 Å². The number of nitrogens with one attached hydrogen (secondary N) is 1. The highest BCUT2D eigenvalue weighted by atomic mass is 35.5. The number of carbonyl (C=O) groups is 2. The van der Waals surface area contributed by atoms with Gasteiger partial charge in [0.2, 0.25) is 18.6 Å². The van der Waals surface area contributed by atoms with Gasteiger partial charge in [0.1, 0.15) is 0 Å². The molecule has 7 nitrogen and oxygen atoms in total. The molecule has 3 N–H and O–H groups in total. The van der Waals surface area contributed by atoms with E-state index in [4.69, 9.17) is 15.2 Å². The molecule has 8 heteroatoms. The van der Waals surface area contributed by atoms with Crippen LogP contribution in [0.2, 0.25) is 0 Å². The van der Waals surface area contributed by atoms with E-state index in [2.05, 4.69) is 5.32 Å². The molecule has 0 aromatic heterocycles. The molecule has 0 aliphatic carbocycles. The largest absolute Gasteiger partial charge is 0.454 e. The van der Waals surface area contributed by atoms with Gasteiger partial charge in [-0.3, -0.25) is 9.59 Å². The molecule has 1 fully saturated rings. The summed E-state index contributed by atoms with van der Waals surface area (Å²) in [5, 5.41) is 2.82. The summed E-state index contributed by atoms with van der Waals surface area (Å²) in [6, 6.07) is 11.1. The highest BCUT2D eigenvalue weighted by molar-refractivity contribution is 6.04. The van der Waals surface area contributed by atoms with Crippen molar-refractivity contribution >= 4 is 41.3 Å². The molecule has 2 aliphatic heterocycles. The lowest BCUT2D eigenvalue weighted by Gasteiger charge is -2.20. The van der Waals surface area contributed by atoms with Gasteiger partial charge in [0.25, 0.3) is 0 Å². The monoisotopic (exact) mass is 403 g/mol. The van der Waals surface area contributed by atoms with Crippen LogP contribution in [0.1, 0.15) is 18.9 Å². The lowest BCUT2D eigenvalue weighted by molar-refractivity contribution is -0.122. The van der Waals surface area contributed by atoms with Gasteiger partial charge in [-0.2, -0.15) is 0 Å². The Morgan fingerprint density at radius 3 is 2.71 bits per heavy atom. The number of ether oxygens (including phenoxy) is 2. The number of rotatable bonds is 4. The Kier molecular flexibility index (Phi) is 5.65. The van der Waals surface area contributed by atoms with Crippen LogP contribution in [0.4, 0.5) is 17.1 Å². The molecule has 0 radical (unpaired) electrons. The van der Waals surface area contributed by atoms with Gasteiger partial charge in [-0.05, 0) is 18.1 Å². The third-order valence-corrected chi connectivity index (χ3v) is 4.96. The first-order valence-electron chi connectivity index (χ1n) is 8.95. The number of halogens is 1. The molecule has 1 atom stereocenters. The first-order chi connectivity index (χ1) is 13.1. The summed E-state index contributed by atoms with van der Waals surface area (Å²) < 4.78 is 10.6. The van der Waals surface area contributed by atoms with E-state index in [1.54, 1.807) is 17.0 Å². The third-order valence-electron chi connectivity index (χ3n) is 4.96. The van der Waals surface area contributed by atoms with Crippen molar-refractivity contribution in [1.82, 2.24) is 0 Å².